The molecule has 1 rings (SSSR count). The molecule has 1 atom stereocenters. The van der Waals surface area contributed by atoms with Crippen LogP contribution < -0.4 is 10.6 Å². The third kappa shape index (κ3) is 5.49. The third-order valence-corrected chi connectivity index (χ3v) is 2.82. The van der Waals surface area contributed by atoms with Crippen LogP contribution in [-0.2, 0) is 4.74 Å². The molecule has 0 fully saturated rings. The van der Waals surface area contributed by atoms with E-state index in [-0.39, 0.29) is 17.7 Å². The molecule has 1 unspecified atom stereocenters. The Hall–Kier alpha value is -1.26. The van der Waals surface area contributed by atoms with E-state index in [2.05, 4.69) is 10.6 Å². The van der Waals surface area contributed by atoms with Gasteiger partial charge in [0.05, 0.1) is 0 Å². The number of methoxy groups -OCH3 is 1. The fraction of sp³-hybridized carbons (Fsp3) is 0.500. The average Bonchev–Trinajstić information content (AvgIpc) is 2.29. The van der Waals surface area contributed by atoms with Gasteiger partial charge in [-0.1, -0.05) is 29.8 Å². The van der Waals surface area contributed by atoms with Gasteiger partial charge in [-0.3, -0.25) is 0 Å². The number of amides is 2. The lowest BCUT2D eigenvalue weighted by Gasteiger charge is -2.23. The van der Waals surface area contributed by atoms with Crippen LogP contribution in [0.4, 0.5) is 4.79 Å². The highest BCUT2D eigenvalue weighted by atomic mass is 35.5. The van der Waals surface area contributed by atoms with Crippen LogP contribution in [0.25, 0.3) is 0 Å². The molecule has 0 spiro atoms. The Morgan fingerprint density at radius 2 is 2.00 bits per heavy atom. The van der Waals surface area contributed by atoms with E-state index in [9.17, 15) is 4.79 Å². The van der Waals surface area contributed by atoms with Gasteiger partial charge in [0, 0.05) is 29.8 Å². The van der Waals surface area contributed by atoms with Gasteiger partial charge in [-0.25, -0.2) is 4.79 Å². The number of hydrogen-bond donors (Lipinski definition) is 2. The van der Waals surface area contributed by atoms with E-state index in [1.54, 1.807) is 13.2 Å². The van der Waals surface area contributed by atoms with Crippen molar-refractivity contribution in [1.82, 2.24) is 10.6 Å². The zero-order chi connectivity index (χ0) is 14.5. The summed E-state index contributed by atoms with van der Waals surface area (Å²) in [5, 5.41) is 6.24. The molecule has 1 aromatic carbocycles. The van der Waals surface area contributed by atoms with E-state index in [4.69, 9.17) is 16.3 Å². The summed E-state index contributed by atoms with van der Waals surface area (Å²) >= 11 is 6.11. The van der Waals surface area contributed by atoms with Crippen molar-refractivity contribution >= 4 is 17.6 Å². The Morgan fingerprint density at radius 1 is 1.37 bits per heavy atom. The first kappa shape index (κ1) is 15.8. The molecule has 2 N–H and O–H groups in total. The van der Waals surface area contributed by atoms with Gasteiger partial charge in [0.1, 0.15) is 6.10 Å². The van der Waals surface area contributed by atoms with E-state index >= 15 is 0 Å². The van der Waals surface area contributed by atoms with Gasteiger partial charge in [-0.15, -0.1) is 0 Å². The highest BCUT2D eigenvalue weighted by Gasteiger charge is 2.17. The molecule has 0 bridgehead atoms. The molecule has 1 aromatic rings. The molecular formula is C14H21ClN2O2. The number of nitrogens with one attached hydrogen (secondary N) is 2. The fourth-order valence-corrected chi connectivity index (χ4v) is 1.88. The molecule has 2 amide bonds. The second kappa shape index (κ2) is 6.78. The molecule has 4 nitrogen and oxygen atoms in total. The average molecular weight is 285 g/mol. The minimum absolute atomic E-state index is 0.221. The zero-order valence-corrected chi connectivity index (χ0v) is 12.5. The SMILES string of the molecule is COC(CNC(=O)NC(C)(C)C)c1ccccc1Cl. The maximum atomic E-state index is 11.7. The summed E-state index contributed by atoms with van der Waals surface area (Å²) in [5.41, 5.74) is 0.597. The Kier molecular flexibility index (Phi) is 5.63. The number of benzene rings is 1. The quantitative estimate of drug-likeness (QED) is 0.892. The summed E-state index contributed by atoms with van der Waals surface area (Å²) in [7, 11) is 1.59. The van der Waals surface area contributed by atoms with Gasteiger partial charge in [0.25, 0.3) is 0 Å². The van der Waals surface area contributed by atoms with Crippen molar-refractivity contribution in [2.45, 2.75) is 32.4 Å². The summed E-state index contributed by atoms with van der Waals surface area (Å²) in [6.07, 6.45) is -0.264. The van der Waals surface area contributed by atoms with E-state index in [0.717, 1.165) is 5.56 Å². The maximum Gasteiger partial charge on any atom is 0.315 e. The van der Waals surface area contributed by atoms with Gasteiger partial charge in [0.15, 0.2) is 0 Å². The largest absolute Gasteiger partial charge is 0.375 e. The number of carbonyl (C=O) groups is 1. The van der Waals surface area contributed by atoms with Crippen LogP contribution in [0.1, 0.15) is 32.4 Å². The molecule has 5 heteroatoms. The molecule has 0 heterocycles. The highest BCUT2D eigenvalue weighted by molar-refractivity contribution is 6.31. The molecule has 19 heavy (non-hydrogen) atoms. The Labute approximate surface area is 119 Å². The predicted octanol–water partition coefficient (Wildman–Crippen LogP) is 3.13. The van der Waals surface area contributed by atoms with Crippen LogP contribution in [0.2, 0.25) is 5.02 Å². The zero-order valence-electron chi connectivity index (χ0n) is 11.8. The molecule has 0 aliphatic rings. The van der Waals surface area contributed by atoms with Crippen molar-refractivity contribution in [2.75, 3.05) is 13.7 Å². The van der Waals surface area contributed by atoms with Crippen molar-refractivity contribution in [2.24, 2.45) is 0 Å². The first-order chi connectivity index (χ1) is 8.83. The van der Waals surface area contributed by atoms with Crippen molar-refractivity contribution in [3.8, 4) is 0 Å². The summed E-state index contributed by atoms with van der Waals surface area (Å²) in [6.45, 7) is 6.14. The van der Waals surface area contributed by atoms with Gasteiger partial charge < -0.3 is 15.4 Å². The molecule has 0 aliphatic heterocycles. The van der Waals surface area contributed by atoms with Crippen LogP contribution in [0.5, 0.6) is 0 Å². The molecule has 0 saturated heterocycles. The summed E-state index contributed by atoms with van der Waals surface area (Å²) in [6, 6.07) is 7.22. The Bertz CT molecular complexity index is 430. The number of carbonyl (C=O) groups excluding carboxylic acids is 1. The minimum atomic E-state index is -0.267. The molecule has 0 saturated carbocycles. The van der Waals surface area contributed by atoms with Crippen molar-refractivity contribution < 1.29 is 9.53 Å². The van der Waals surface area contributed by atoms with Crippen LogP contribution in [0.3, 0.4) is 0 Å². The number of hydrogen-bond acceptors (Lipinski definition) is 2. The molecule has 0 aromatic heterocycles. The fourth-order valence-electron chi connectivity index (χ4n) is 1.63. The summed E-state index contributed by atoms with van der Waals surface area (Å²) < 4.78 is 5.37. The summed E-state index contributed by atoms with van der Waals surface area (Å²) in [4.78, 5) is 11.7. The van der Waals surface area contributed by atoms with E-state index in [0.29, 0.717) is 11.6 Å². The van der Waals surface area contributed by atoms with Crippen molar-refractivity contribution in [3.63, 3.8) is 0 Å². The standard InChI is InChI=1S/C14H21ClN2O2/c1-14(2,3)17-13(18)16-9-12(19-4)10-7-5-6-8-11(10)15/h5-8,12H,9H2,1-4H3,(H2,16,17,18). The lowest BCUT2D eigenvalue weighted by molar-refractivity contribution is 0.103. The first-order valence-corrected chi connectivity index (χ1v) is 6.54. The van der Waals surface area contributed by atoms with E-state index in [1.807, 2.05) is 39.0 Å². The van der Waals surface area contributed by atoms with Crippen LogP contribution in [0, 0.1) is 0 Å². The normalized spacial score (nSPS) is 12.9. The van der Waals surface area contributed by atoms with Gasteiger partial charge in [0.2, 0.25) is 0 Å². The van der Waals surface area contributed by atoms with Crippen LogP contribution in [-0.4, -0.2) is 25.2 Å². The monoisotopic (exact) mass is 284 g/mol. The molecular weight excluding hydrogens is 264 g/mol. The smallest absolute Gasteiger partial charge is 0.315 e. The number of urea groups is 1. The number of rotatable bonds is 4. The number of ether oxygens (including phenoxy) is 1. The van der Waals surface area contributed by atoms with Gasteiger partial charge in [-0.05, 0) is 26.8 Å². The van der Waals surface area contributed by atoms with Gasteiger partial charge >= 0.3 is 6.03 Å². The lowest BCUT2D eigenvalue weighted by Crippen LogP contribution is -2.47. The highest BCUT2D eigenvalue weighted by Crippen LogP contribution is 2.24. The minimum Gasteiger partial charge on any atom is -0.375 e. The molecule has 0 radical (unpaired) electrons. The third-order valence-electron chi connectivity index (χ3n) is 2.47. The van der Waals surface area contributed by atoms with E-state index < -0.39 is 0 Å². The first-order valence-electron chi connectivity index (χ1n) is 6.16. The lowest BCUT2D eigenvalue weighted by atomic mass is 10.1. The molecule has 0 aliphatic carbocycles. The Morgan fingerprint density at radius 3 is 2.53 bits per heavy atom. The molecule has 106 valence electrons. The number of halogens is 1. The Balaban J connectivity index is 2.59. The van der Waals surface area contributed by atoms with Gasteiger partial charge in [-0.2, -0.15) is 0 Å². The second-order valence-corrected chi connectivity index (χ2v) is 5.74. The van der Waals surface area contributed by atoms with Crippen molar-refractivity contribution in [3.05, 3.63) is 34.9 Å². The van der Waals surface area contributed by atoms with Crippen LogP contribution in [0.15, 0.2) is 24.3 Å². The predicted molar refractivity (Wildman–Crippen MR) is 77.5 cm³/mol. The summed E-state index contributed by atoms with van der Waals surface area (Å²) in [5.74, 6) is 0. The van der Waals surface area contributed by atoms with E-state index in [1.165, 1.54) is 0 Å². The van der Waals surface area contributed by atoms with Crippen molar-refractivity contribution in [1.29, 1.82) is 0 Å². The second-order valence-electron chi connectivity index (χ2n) is 5.33. The van der Waals surface area contributed by atoms with Crippen LogP contribution >= 0.6 is 11.6 Å². The maximum absolute atomic E-state index is 11.7. The topological polar surface area (TPSA) is 50.4 Å².